The predicted octanol–water partition coefficient (Wildman–Crippen LogP) is 3.15. The number of halogens is 1. The molecule has 0 saturated carbocycles. The van der Waals surface area contributed by atoms with E-state index in [1.807, 2.05) is 30.3 Å². The maximum atomic E-state index is 12.4. The van der Waals surface area contributed by atoms with Crippen LogP contribution in [0.1, 0.15) is 27.7 Å². The molecule has 0 aliphatic rings. The van der Waals surface area contributed by atoms with Crippen molar-refractivity contribution in [1.29, 1.82) is 0 Å². The Bertz CT molecular complexity index is 1080. The first kappa shape index (κ1) is 20.2. The van der Waals surface area contributed by atoms with Gasteiger partial charge in [0.2, 0.25) is 21.7 Å². The quantitative estimate of drug-likeness (QED) is 0.560. The first-order valence-electron chi connectivity index (χ1n) is 8.39. The Morgan fingerprint density at radius 1 is 1.11 bits per heavy atom. The fourth-order valence-electron chi connectivity index (χ4n) is 2.47. The van der Waals surface area contributed by atoms with Crippen LogP contribution in [-0.2, 0) is 23.1 Å². The van der Waals surface area contributed by atoms with Crippen LogP contribution in [0.25, 0.3) is 0 Å². The van der Waals surface area contributed by atoms with Crippen molar-refractivity contribution in [1.82, 2.24) is 15.0 Å². The second kappa shape index (κ2) is 8.68. The summed E-state index contributed by atoms with van der Waals surface area (Å²) in [6.45, 7) is 1.82. The molecule has 0 saturated heterocycles. The van der Waals surface area contributed by atoms with Gasteiger partial charge in [-0.05, 0) is 30.7 Å². The van der Waals surface area contributed by atoms with E-state index in [1.54, 1.807) is 19.1 Å². The zero-order valence-electron chi connectivity index (χ0n) is 15.0. The lowest BCUT2D eigenvalue weighted by molar-refractivity contribution is 0.0920. The molecule has 0 aliphatic carbocycles. The zero-order valence-corrected chi connectivity index (χ0v) is 17.4. The van der Waals surface area contributed by atoms with E-state index < -0.39 is 15.9 Å². The maximum absolute atomic E-state index is 12.4. The van der Waals surface area contributed by atoms with E-state index in [9.17, 15) is 13.2 Å². The molecule has 0 atom stereocenters. The number of aromatic nitrogens is 1. The lowest BCUT2D eigenvalue weighted by Gasteiger charge is -2.05. The van der Waals surface area contributed by atoms with E-state index in [4.69, 9.17) is 4.42 Å². The van der Waals surface area contributed by atoms with E-state index in [0.717, 1.165) is 5.56 Å². The number of rotatable bonds is 7. The van der Waals surface area contributed by atoms with E-state index in [2.05, 4.69) is 31.0 Å². The molecule has 7 nitrogen and oxygen atoms in total. The normalized spacial score (nSPS) is 11.4. The van der Waals surface area contributed by atoms with Gasteiger partial charge in [0, 0.05) is 11.0 Å². The molecule has 146 valence electrons. The molecular formula is C19H18BrN3O4S. The van der Waals surface area contributed by atoms with Crippen molar-refractivity contribution in [3.63, 3.8) is 0 Å². The van der Waals surface area contributed by atoms with Crippen LogP contribution in [0.15, 0.2) is 68.4 Å². The number of carbonyl (C=O) groups excluding carboxylic acids is 1. The lowest BCUT2D eigenvalue weighted by atomic mass is 10.2. The van der Waals surface area contributed by atoms with Crippen LogP contribution in [0, 0.1) is 6.92 Å². The minimum Gasteiger partial charge on any atom is -0.434 e. The van der Waals surface area contributed by atoms with Crippen molar-refractivity contribution in [2.24, 2.45) is 0 Å². The summed E-state index contributed by atoms with van der Waals surface area (Å²) in [5, 5.41) is 2.76. The number of hydrogen-bond acceptors (Lipinski definition) is 5. The van der Waals surface area contributed by atoms with Gasteiger partial charge >= 0.3 is 0 Å². The van der Waals surface area contributed by atoms with Gasteiger partial charge in [-0.3, -0.25) is 4.79 Å². The summed E-state index contributed by atoms with van der Waals surface area (Å²) < 4.78 is 33.3. The summed E-state index contributed by atoms with van der Waals surface area (Å²) in [6.07, 6.45) is 0. The second-order valence-electron chi connectivity index (χ2n) is 5.97. The number of nitrogens with zero attached hydrogens (tertiary/aromatic N) is 1. The molecule has 3 aromatic rings. The highest BCUT2D eigenvalue weighted by Crippen LogP contribution is 2.17. The molecule has 1 aromatic heterocycles. The highest BCUT2D eigenvalue weighted by Gasteiger charge is 2.20. The molecule has 0 spiro atoms. The van der Waals surface area contributed by atoms with Crippen LogP contribution < -0.4 is 10.0 Å². The topological polar surface area (TPSA) is 101 Å². The van der Waals surface area contributed by atoms with Gasteiger partial charge in [-0.2, -0.15) is 0 Å². The van der Waals surface area contributed by atoms with Gasteiger partial charge in [-0.1, -0.05) is 52.3 Å². The van der Waals surface area contributed by atoms with E-state index >= 15 is 0 Å². The molecule has 1 amide bonds. The van der Waals surface area contributed by atoms with Crippen molar-refractivity contribution in [3.8, 4) is 0 Å². The Labute approximate surface area is 171 Å². The summed E-state index contributed by atoms with van der Waals surface area (Å²) in [6, 6.07) is 15.8. The Kier molecular flexibility index (Phi) is 6.28. The van der Waals surface area contributed by atoms with Crippen LogP contribution in [-0.4, -0.2) is 19.3 Å². The molecule has 0 unspecified atom stereocenters. The van der Waals surface area contributed by atoms with Crippen LogP contribution in [0.4, 0.5) is 0 Å². The largest absolute Gasteiger partial charge is 0.434 e. The van der Waals surface area contributed by atoms with Crippen molar-refractivity contribution < 1.29 is 17.6 Å². The third-order valence-corrected chi connectivity index (χ3v) is 5.75. The first-order chi connectivity index (χ1) is 13.3. The van der Waals surface area contributed by atoms with Crippen molar-refractivity contribution >= 4 is 31.9 Å². The average Bonchev–Trinajstić information content (AvgIpc) is 3.06. The van der Waals surface area contributed by atoms with Gasteiger partial charge in [0.25, 0.3) is 5.91 Å². The molecule has 0 aliphatic heterocycles. The number of nitrogens with one attached hydrogen (secondary N) is 2. The number of sulfonamides is 1. The van der Waals surface area contributed by atoms with E-state index in [0.29, 0.717) is 16.7 Å². The fourth-order valence-corrected chi connectivity index (χ4v) is 4.04. The highest BCUT2D eigenvalue weighted by molar-refractivity contribution is 9.10. The smallest absolute Gasteiger partial charge is 0.289 e. The molecule has 9 heteroatoms. The number of benzene rings is 2. The van der Waals surface area contributed by atoms with Gasteiger partial charge < -0.3 is 9.73 Å². The Balaban J connectivity index is 1.64. The minimum absolute atomic E-state index is 0.0626. The van der Waals surface area contributed by atoms with Crippen LogP contribution in [0.3, 0.4) is 0 Å². The summed E-state index contributed by atoms with van der Waals surface area (Å²) in [4.78, 5) is 16.6. The standard InChI is InChI=1S/C19H18BrN3O4S/c1-13-18(19(24)21-11-14-6-3-2-4-7-14)27-17(23-13)12-22-28(25,26)16-9-5-8-15(20)10-16/h2-10,22H,11-12H2,1H3,(H,21,24). The Hall–Kier alpha value is -2.49. The third kappa shape index (κ3) is 5.06. The number of aryl methyl sites for hydroxylation is 1. The second-order valence-corrected chi connectivity index (χ2v) is 8.65. The Morgan fingerprint density at radius 2 is 1.86 bits per heavy atom. The molecule has 0 bridgehead atoms. The van der Waals surface area contributed by atoms with Crippen LogP contribution >= 0.6 is 15.9 Å². The third-order valence-electron chi connectivity index (χ3n) is 3.86. The fraction of sp³-hybridized carbons (Fsp3) is 0.158. The highest BCUT2D eigenvalue weighted by atomic mass is 79.9. The molecule has 3 rings (SSSR count). The molecule has 2 N–H and O–H groups in total. The SMILES string of the molecule is Cc1nc(CNS(=O)(=O)c2cccc(Br)c2)oc1C(=O)NCc1ccccc1. The van der Waals surface area contributed by atoms with Crippen molar-refractivity contribution in [2.45, 2.75) is 24.9 Å². The lowest BCUT2D eigenvalue weighted by Crippen LogP contribution is -2.23. The minimum atomic E-state index is -3.73. The number of carbonyl (C=O) groups is 1. The van der Waals surface area contributed by atoms with Crippen molar-refractivity contribution in [2.75, 3.05) is 0 Å². The first-order valence-corrected chi connectivity index (χ1v) is 10.7. The number of amides is 1. The number of hydrogen-bond donors (Lipinski definition) is 2. The van der Waals surface area contributed by atoms with Crippen LogP contribution in [0.5, 0.6) is 0 Å². The van der Waals surface area contributed by atoms with Gasteiger partial charge in [0.15, 0.2) is 0 Å². The summed E-state index contributed by atoms with van der Waals surface area (Å²) >= 11 is 3.24. The Morgan fingerprint density at radius 3 is 2.57 bits per heavy atom. The summed E-state index contributed by atoms with van der Waals surface area (Å²) in [7, 11) is -3.73. The zero-order chi connectivity index (χ0) is 20.1. The maximum Gasteiger partial charge on any atom is 0.289 e. The molecule has 0 radical (unpaired) electrons. The van der Waals surface area contributed by atoms with E-state index in [-0.39, 0.29) is 23.1 Å². The molecule has 2 aromatic carbocycles. The average molecular weight is 464 g/mol. The monoisotopic (exact) mass is 463 g/mol. The molecule has 0 fully saturated rings. The van der Waals surface area contributed by atoms with Gasteiger partial charge in [-0.15, -0.1) is 0 Å². The predicted molar refractivity (Wildman–Crippen MR) is 107 cm³/mol. The number of oxazole rings is 1. The summed E-state index contributed by atoms with van der Waals surface area (Å²) in [5.74, 6) is -0.233. The van der Waals surface area contributed by atoms with E-state index in [1.165, 1.54) is 12.1 Å². The van der Waals surface area contributed by atoms with Gasteiger partial charge in [0.1, 0.15) is 0 Å². The molecule has 28 heavy (non-hydrogen) atoms. The van der Waals surface area contributed by atoms with Gasteiger partial charge in [0.05, 0.1) is 17.1 Å². The molecular weight excluding hydrogens is 446 g/mol. The van der Waals surface area contributed by atoms with Crippen LogP contribution in [0.2, 0.25) is 0 Å². The van der Waals surface area contributed by atoms with Gasteiger partial charge in [-0.25, -0.2) is 18.1 Å². The van der Waals surface area contributed by atoms with Crippen molar-refractivity contribution in [3.05, 3.63) is 82.0 Å². The molecule has 1 heterocycles. The summed E-state index contributed by atoms with van der Waals surface area (Å²) in [5.41, 5.74) is 1.34.